The minimum absolute atomic E-state index is 0.00543. The molecular weight excluding hydrogens is 520 g/mol. The average Bonchev–Trinajstić information content (AvgIpc) is 3.66. The van der Waals surface area contributed by atoms with Crippen LogP contribution in [-0.4, -0.2) is 73.9 Å². The summed E-state index contributed by atoms with van der Waals surface area (Å²) >= 11 is 6.03. The van der Waals surface area contributed by atoms with E-state index in [-0.39, 0.29) is 23.8 Å². The van der Waals surface area contributed by atoms with Crippen LogP contribution in [0.4, 0.5) is 11.8 Å². The fourth-order valence-electron chi connectivity index (χ4n) is 5.40. The first-order valence-corrected chi connectivity index (χ1v) is 13.5. The number of carbonyl (C=O) groups excluding carboxylic acids is 2. The minimum atomic E-state index is -0.454. The number of piperidine rings is 1. The Morgan fingerprint density at radius 2 is 2.03 bits per heavy atom. The molecule has 11 nitrogen and oxygen atoms in total. The average molecular weight is 549 g/mol. The second-order valence-electron chi connectivity index (χ2n) is 9.98. The highest BCUT2D eigenvalue weighted by Gasteiger charge is 2.30. The summed E-state index contributed by atoms with van der Waals surface area (Å²) in [6, 6.07) is 5.02. The van der Waals surface area contributed by atoms with Crippen molar-refractivity contribution in [3.63, 3.8) is 0 Å². The molecule has 6 rings (SSSR count). The van der Waals surface area contributed by atoms with Crippen molar-refractivity contribution < 1.29 is 14.0 Å². The molecule has 1 atom stereocenters. The van der Waals surface area contributed by atoms with Crippen LogP contribution < -0.4 is 11.1 Å². The molecule has 0 saturated carbocycles. The Hall–Kier alpha value is -3.96. The van der Waals surface area contributed by atoms with Gasteiger partial charge in [0, 0.05) is 36.9 Å². The number of nitrogens with zero attached hydrogens (tertiary/aromatic N) is 6. The van der Waals surface area contributed by atoms with Crippen molar-refractivity contribution >= 4 is 57.4 Å². The number of nitrogen functional groups attached to an aromatic ring is 1. The van der Waals surface area contributed by atoms with Gasteiger partial charge in [0.25, 0.3) is 5.91 Å². The third kappa shape index (κ3) is 5.19. The van der Waals surface area contributed by atoms with E-state index in [9.17, 15) is 9.59 Å². The molecule has 5 heterocycles. The third-order valence-electron chi connectivity index (χ3n) is 7.39. The molecule has 2 saturated heterocycles. The van der Waals surface area contributed by atoms with Crippen LogP contribution in [-0.2, 0) is 4.79 Å². The molecule has 0 aliphatic carbocycles. The number of anilines is 2. The summed E-state index contributed by atoms with van der Waals surface area (Å²) in [5.74, 6) is -0.265. The zero-order valence-electron chi connectivity index (χ0n) is 21.3. The molecule has 3 aromatic heterocycles. The van der Waals surface area contributed by atoms with E-state index in [0.717, 1.165) is 26.1 Å². The number of carbonyl (C=O) groups is 2. The number of amides is 2. The zero-order chi connectivity index (χ0) is 26.9. The van der Waals surface area contributed by atoms with Gasteiger partial charge in [-0.15, -0.1) is 0 Å². The maximum Gasteiger partial charge on any atom is 0.302 e. The summed E-state index contributed by atoms with van der Waals surface area (Å²) in [6.45, 7) is 4.10. The monoisotopic (exact) mass is 548 g/mol. The van der Waals surface area contributed by atoms with Gasteiger partial charge in [0.15, 0.2) is 5.58 Å². The number of oxazole rings is 1. The summed E-state index contributed by atoms with van der Waals surface area (Å²) in [7, 11) is 0. The van der Waals surface area contributed by atoms with E-state index in [1.807, 2.05) is 15.5 Å². The highest BCUT2D eigenvalue weighted by Crippen LogP contribution is 2.32. The zero-order valence-corrected chi connectivity index (χ0v) is 22.1. The van der Waals surface area contributed by atoms with Crippen LogP contribution in [0.25, 0.3) is 22.1 Å². The summed E-state index contributed by atoms with van der Waals surface area (Å²) in [5, 5.41) is 3.67. The van der Waals surface area contributed by atoms with Crippen LogP contribution in [0, 0.1) is 0 Å². The van der Waals surface area contributed by atoms with Gasteiger partial charge in [0.1, 0.15) is 23.3 Å². The fourth-order valence-corrected chi connectivity index (χ4v) is 5.56. The van der Waals surface area contributed by atoms with Gasteiger partial charge >= 0.3 is 6.01 Å². The normalized spacial score (nSPS) is 18.5. The van der Waals surface area contributed by atoms with Gasteiger partial charge in [0.05, 0.1) is 17.0 Å². The van der Waals surface area contributed by atoms with Crippen molar-refractivity contribution in [2.75, 3.05) is 43.8 Å². The van der Waals surface area contributed by atoms with Gasteiger partial charge in [-0.05, 0) is 50.6 Å². The Labute approximate surface area is 229 Å². The molecule has 3 N–H and O–H groups in total. The Kier molecular flexibility index (Phi) is 6.92. The molecule has 4 aromatic rings. The molecule has 2 aliphatic rings. The van der Waals surface area contributed by atoms with Gasteiger partial charge in [-0.3, -0.25) is 19.8 Å². The van der Waals surface area contributed by atoms with Crippen LogP contribution in [0.1, 0.15) is 42.1 Å². The predicted octanol–water partition coefficient (Wildman–Crippen LogP) is 3.88. The maximum absolute atomic E-state index is 13.3. The molecular formula is C27H29ClN8O3. The number of nitrogens with one attached hydrogen (secondary N) is 1. The molecule has 0 bridgehead atoms. The second kappa shape index (κ2) is 10.7. The fraction of sp³-hybridized carbons (Fsp3) is 0.370. The number of likely N-dealkylation sites (tertiary alicyclic amines) is 2. The molecule has 2 aliphatic heterocycles. The maximum atomic E-state index is 13.3. The molecule has 0 radical (unpaired) electrons. The van der Waals surface area contributed by atoms with Crippen molar-refractivity contribution in [3.8, 4) is 0 Å². The Balaban J connectivity index is 1.19. The lowest BCUT2D eigenvalue weighted by Crippen LogP contribution is -2.30. The van der Waals surface area contributed by atoms with Crippen LogP contribution >= 0.6 is 11.6 Å². The Bertz CT molecular complexity index is 1570. The minimum Gasteiger partial charge on any atom is -0.423 e. The van der Waals surface area contributed by atoms with E-state index in [0.29, 0.717) is 45.8 Å². The SMILES string of the molecule is Nc1ncnc2c1c(C(=O)Nc1nc3cc(Cl)ccc3o1)cn2[C@@H]1CCN(C(=O)C=CCN2CCCCC2)C1. The summed E-state index contributed by atoms with van der Waals surface area (Å²) in [6.07, 6.45) is 11.2. The van der Waals surface area contributed by atoms with Crippen LogP contribution in [0.3, 0.4) is 0 Å². The van der Waals surface area contributed by atoms with E-state index in [2.05, 4.69) is 25.2 Å². The number of benzene rings is 1. The van der Waals surface area contributed by atoms with E-state index in [4.69, 9.17) is 21.8 Å². The topological polar surface area (TPSA) is 135 Å². The predicted molar refractivity (Wildman–Crippen MR) is 149 cm³/mol. The van der Waals surface area contributed by atoms with Crippen LogP contribution in [0.5, 0.6) is 0 Å². The van der Waals surface area contributed by atoms with Gasteiger partial charge in [0.2, 0.25) is 5.91 Å². The lowest BCUT2D eigenvalue weighted by Gasteiger charge is -2.24. The van der Waals surface area contributed by atoms with E-state index >= 15 is 0 Å². The van der Waals surface area contributed by atoms with Gasteiger partial charge in [-0.1, -0.05) is 24.1 Å². The molecule has 0 unspecified atom stereocenters. The van der Waals surface area contributed by atoms with Crippen LogP contribution in [0.15, 0.2) is 47.3 Å². The molecule has 2 fully saturated rings. The third-order valence-corrected chi connectivity index (χ3v) is 7.63. The highest BCUT2D eigenvalue weighted by atomic mass is 35.5. The van der Waals surface area contributed by atoms with Gasteiger partial charge in [-0.25, -0.2) is 9.97 Å². The number of nitrogens with two attached hydrogens (primary N) is 1. The first-order chi connectivity index (χ1) is 19.0. The van der Waals surface area contributed by atoms with Crippen molar-refractivity contribution in [2.24, 2.45) is 0 Å². The summed E-state index contributed by atoms with van der Waals surface area (Å²) < 4.78 is 7.57. The summed E-state index contributed by atoms with van der Waals surface area (Å²) in [5.41, 5.74) is 8.07. The first-order valence-electron chi connectivity index (χ1n) is 13.1. The Morgan fingerprint density at radius 1 is 1.18 bits per heavy atom. The molecule has 202 valence electrons. The lowest BCUT2D eigenvalue weighted by molar-refractivity contribution is -0.125. The smallest absolute Gasteiger partial charge is 0.302 e. The number of hydrogen-bond donors (Lipinski definition) is 2. The Morgan fingerprint density at radius 3 is 2.87 bits per heavy atom. The van der Waals surface area contributed by atoms with Crippen LogP contribution in [0.2, 0.25) is 5.02 Å². The summed E-state index contributed by atoms with van der Waals surface area (Å²) in [4.78, 5) is 43.2. The van der Waals surface area contributed by atoms with Gasteiger partial charge in [-0.2, -0.15) is 4.98 Å². The van der Waals surface area contributed by atoms with E-state index < -0.39 is 5.91 Å². The number of halogens is 1. The van der Waals surface area contributed by atoms with Crippen molar-refractivity contribution in [1.29, 1.82) is 0 Å². The second-order valence-corrected chi connectivity index (χ2v) is 10.4. The largest absolute Gasteiger partial charge is 0.423 e. The van der Waals surface area contributed by atoms with Crippen molar-refractivity contribution in [1.82, 2.24) is 29.3 Å². The number of hydrogen-bond acceptors (Lipinski definition) is 8. The van der Waals surface area contributed by atoms with E-state index in [1.165, 1.54) is 25.6 Å². The van der Waals surface area contributed by atoms with Crippen molar-refractivity contribution in [3.05, 3.63) is 53.5 Å². The van der Waals surface area contributed by atoms with E-state index in [1.54, 1.807) is 30.5 Å². The molecule has 2 amide bonds. The first kappa shape index (κ1) is 25.3. The number of aromatic nitrogens is 4. The lowest BCUT2D eigenvalue weighted by atomic mass is 10.1. The molecule has 0 spiro atoms. The standard InChI is InChI=1S/C27H29ClN8O3/c28-17-6-7-21-20(13-17)32-27(39-21)33-26(38)19-15-36(25-23(19)24(29)30-16-31-25)18-8-12-35(14-18)22(37)5-4-11-34-9-2-1-3-10-34/h4-7,13,15-16,18H,1-3,8-12,14H2,(H2,29,30,31)(H,32,33,38)/t18-/m1/s1. The molecule has 12 heteroatoms. The molecule has 39 heavy (non-hydrogen) atoms. The number of rotatable bonds is 6. The van der Waals surface area contributed by atoms with Gasteiger partial charge < -0.3 is 19.6 Å². The highest BCUT2D eigenvalue weighted by molar-refractivity contribution is 6.31. The molecule has 1 aromatic carbocycles. The quantitative estimate of drug-likeness (QED) is 0.347. The number of fused-ring (bicyclic) bond motifs is 2. The van der Waals surface area contributed by atoms with Crippen molar-refractivity contribution in [2.45, 2.75) is 31.7 Å².